The van der Waals surface area contributed by atoms with Crippen LogP contribution < -0.4 is 10.5 Å². The van der Waals surface area contributed by atoms with Gasteiger partial charge in [-0.25, -0.2) is 0 Å². The van der Waals surface area contributed by atoms with E-state index in [1.165, 1.54) is 18.4 Å². The van der Waals surface area contributed by atoms with Crippen molar-refractivity contribution in [1.82, 2.24) is 0 Å². The van der Waals surface area contributed by atoms with E-state index in [1.807, 2.05) is 12.1 Å². The van der Waals surface area contributed by atoms with Crippen molar-refractivity contribution < 1.29 is 4.74 Å². The first-order chi connectivity index (χ1) is 9.70. The predicted octanol–water partition coefficient (Wildman–Crippen LogP) is 4.23. The van der Waals surface area contributed by atoms with Gasteiger partial charge in [-0.05, 0) is 54.7 Å². The summed E-state index contributed by atoms with van der Waals surface area (Å²) in [5, 5.41) is 0. The Morgan fingerprint density at radius 3 is 2.30 bits per heavy atom. The standard InChI is InChI=1S/C17H18BrNO/c18-14-5-1-12(2-6-14)11-17(19)13-3-7-15(8-4-13)20-16-9-10-16/h1-8,16-17H,9-11,19H2. The second-order valence-electron chi connectivity index (χ2n) is 5.32. The summed E-state index contributed by atoms with van der Waals surface area (Å²) in [7, 11) is 0. The zero-order valence-corrected chi connectivity index (χ0v) is 12.8. The Bertz CT molecular complexity index is 561. The summed E-state index contributed by atoms with van der Waals surface area (Å²) in [6, 6.07) is 16.5. The fourth-order valence-electron chi connectivity index (χ4n) is 2.16. The highest BCUT2D eigenvalue weighted by Gasteiger charge is 2.23. The molecule has 2 N–H and O–H groups in total. The van der Waals surface area contributed by atoms with Crippen LogP contribution in [0, 0.1) is 0 Å². The number of benzene rings is 2. The minimum atomic E-state index is 0.0196. The van der Waals surface area contributed by atoms with Crippen LogP contribution in [0.25, 0.3) is 0 Å². The monoisotopic (exact) mass is 331 g/mol. The maximum atomic E-state index is 6.28. The molecule has 0 spiro atoms. The van der Waals surface area contributed by atoms with Crippen molar-refractivity contribution in [3.05, 3.63) is 64.1 Å². The fourth-order valence-corrected chi connectivity index (χ4v) is 2.43. The van der Waals surface area contributed by atoms with Crippen LogP contribution in [0.3, 0.4) is 0 Å². The third kappa shape index (κ3) is 3.62. The first-order valence-electron chi connectivity index (χ1n) is 6.97. The lowest BCUT2D eigenvalue weighted by Gasteiger charge is -2.13. The van der Waals surface area contributed by atoms with Gasteiger partial charge in [0.25, 0.3) is 0 Å². The zero-order valence-electron chi connectivity index (χ0n) is 11.3. The Balaban J connectivity index is 1.63. The summed E-state index contributed by atoms with van der Waals surface area (Å²) in [5.74, 6) is 0.951. The van der Waals surface area contributed by atoms with Gasteiger partial charge in [-0.3, -0.25) is 0 Å². The number of hydrogen-bond donors (Lipinski definition) is 1. The SMILES string of the molecule is NC(Cc1ccc(Br)cc1)c1ccc(OC2CC2)cc1. The quantitative estimate of drug-likeness (QED) is 0.889. The van der Waals surface area contributed by atoms with Crippen LogP contribution >= 0.6 is 15.9 Å². The molecule has 0 saturated heterocycles. The van der Waals surface area contributed by atoms with Crippen molar-refractivity contribution in [2.24, 2.45) is 5.73 Å². The molecular formula is C17H18BrNO. The largest absolute Gasteiger partial charge is 0.490 e. The lowest BCUT2D eigenvalue weighted by molar-refractivity contribution is 0.303. The van der Waals surface area contributed by atoms with Crippen molar-refractivity contribution in [2.45, 2.75) is 31.4 Å². The van der Waals surface area contributed by atoms with E-state index in [9.17, 15) is 0 Å². The Morgan fingerprint density at radius 1 is 1.05 bits per heavy atom. The minimum Gasteiger partial charge on any atom is -0.490 e. The second-order valence-corrected chi connectivity index (χ2v) is 6.24. The molecule has 1 saturated carbocycles. The molecule has 2 aromatic rings. The maximum Gasteiger partial charge on any atom is 0.119 e. The molecule has 20 heavy (non-hydrogen) atoms. The summed E-state index contributed by atoms with van der Waals surface area (Å²) in [5.41, 5.74) is 8.67. The molecule has 0 bridgehead atoms. The average Bonchev–Trinajstić information content (AvgIpc) is 3.26. The lowest BCUT2D eigenvalue weighted by atomic mass is 10.00. The molecule has 104 valence electrons. The maximum absolute atomic E-state index is 6.28. The van der Waals surface area contributed by atoms with Crippen LogP contribution in [0.2, 0.25) is 0 Å². The Labute approximate surface area is 128 Å². The molecule has 0 amide bonds. The molecule has 1 aliphatic rings. The molecule has 3 rings (SSSR count). The van der Waals surface area contributed by atoms with Gasteiger partial charge >= 0.3 is 0 Å². The van der Waals surface area contributed by atoms with E-state index in [0.29, 0.717) is 6.10 Å². The average molecular weight is 332 g/mol. The Morgan fingerprint density at radius 2 is 1.70 bits per heavy atom. The second kappa shape index (κ2) is 5.98. The van der Waals surface area contributed by atoms with Crippen LogP contribution in [0.1, 0.15) is 30.0 Å². The molecule has 0 aromatic heterocycles. The van der Waals surface area contributed by atoms with Gasteiger partial charge in [-0.15, -0.1) is 0 Å². The van der Waals surface area contributed by atoms with E-state index in [4.69, 9.17) is 10.5 Å². The summed E-state index contributed by atoms with van der Waals surface area (Å²) in [6.45, 7) is 0. The van der Waals surface area contributed by atoms with Crippen molar-refractivity contribution in [1.29, 1.82) is 0 Å². The summed E-state index contributed by atoms with van der Waals surface area (Å²) in [4.78, 5) is 0. The highest BCUT2D eigenvalue weighted by atomic mass is 79.9. The molecule has 1 aliphatic carbocycles. The molecule has 1 fully saturated rings. The molecular weight excluding hydrogens is 314 g/mol. The first-order valence-corrected chi connectivity index (χ1v) is 7.76. The molecule has 1 unspecified atom stereocenters. The van der Waals surface area contributed by atoms with Gasteiger partial charge in [-0.1, -0.05) is 40.2 Å². The van der Waals surface area contributed by atoms with Gasteiger partial charge in [0.05, 0.1) is 6.10 Å². The molecule has 0 heterocycles. The number of halogens is 1. The highest BCUT2D eigenvalue weighted by Crippen LogP contribution is 2.27. The van der Waals surface area contributed by atoms with Crippen LogP contribution in [0.15, 0.2) is 53.0 Å². The van der Waals surface area contributed by atoms with Gasteiger partial charge in [0.1, 0.15) is 5.75 Å². The van der Waals surface area contributed by atoms with Crippen LogP contribution in [-0.2, 0) is 6.42 Å². The first kappa shape index (κ1) is 13.7. The zero-order chi connectivity index (χ0) is 13.9. The van der Waals surface area contributed by atoms with Crippen molar-refractivity contribution in [2.75, 3.05) is 0 Å². The van der Waals surface area contributed by atoms with E-state index < -0.39 is 0 Å². The van der Waals surface area contributed by atoms with Gasteiger partial charge in [0.2, 0.25) is 0 Å². The van der Waals surface area contributed by atoms with Gasteiger partial charge in [0, 0.05) is 10.5 Å². The van der Waals surface area contributed by atoms with E-state index in [-0.39, 0.29) is 6.04 Å². The van der Waals surface area contributed by atoms with Crippen LogP contribution in [-0.4, -0.2) is 6.10 Å². The summed E-state index contributed by atoms with van der Waals surface area (Å²) in [6.07, 6.45) is 3.66. The highest BCUT2D eigenvalue weighted by molar-refractivity contribution is 9.10. The van der Waals surface area contributed by atoms with E-state index >= 15 is 0 Å². The van der Waals surface area contributed by atoms with Crippen LogP contribution in [0.4, 0.5) is 0 Å². The molecule has 1 atom stereocenters. The summed E-state index contributed by atoms with van der Waals surface area (Å²) < 4.78 is 6.84. The minimum absolute atomic E-state index is 0.0196. The number of ether oxygens (including phenoxy) is 1. The van der Waals surface area contributed by atoms with Crippen molar-refractivity contribution in [3.8, 4) is 5.75 Å². The molecule has 2 nitrogen and oxygen atoms in total. The number of hydrogen-bond acceptors (Lipinski definition) is 2. The predicted molar refractivity (Wildman–Crippen MR) is 84.9 cm³/mol. The summed E-state index contributed by atoms with van der Waals surface area (Å²) >= 11 is 3.44. The third-order valence-corrected chi connectivity index (χ3v) is 4.03. The van der Waals surface area contributed by atoms with Crippen molar-refractivity contribution >= 4 is 15.9 Å². The van der Waals surface area contributed by atoms with Gasteiger partial charge in [-0.2, -0.15) is 0 Å². The normalized spacial score (nSPS) is 15.9. The van der Waals surface area contributed by atoms with E-state index in [2.05, 4.69) is 52.3 Å². The molecule has 3 heteroatoms. The number of nitrogens with two attached hydrogens (primary N) is 1. The molecule has 2 aromatic carbocycles. The van der Waals surface area contributed by atoms with Crippen molar-refractivity contribution in [3.63, 3.8) is 0 Å². The topological polar surface area (TPSA) is 35.2 Å². The molecule has 0 radical (unpaired) electrons. The smallest absolute Gasteiger partial charge is 0.119 e. The van der Waals surface area contributed by atoms with E-state index in [0.717, 1.165) is 22.2 Å². The lowest BCUT2D eigenvalue weighted by Crippen LogP contribution is -2.13. The van der Waals surface area contributed by atoms with Crippen LogP contribution in [0.5, 0.6) is 5.75 Å². The van der Waals surface area contributed by atoms with E-state index in [1.54, 1.807) is 0 Å². The van der Waals surface area contributed by atoms with Gasteiger partial charge < -0.3 is 10.5 Å². The molecule has 0 aliphatic heterocycles. The third-order valence-electron chi connectivity index (χ3n) is 3.50. The fraction of sp³-hybridized carbons (Fsp3) is 0.294. The van der Waals surface area contributed by atoms with Gasteiger partial charge in [0.15, 0.2) is 0 Å². The number of rotatable bonds is 5. The Hall–Kier alpha value is -1.32. The Kier molecular flexibility index (Phi) is 4.08.